The number of benzene rings is 1. The predicted molar refractivity (Wildman–Crippen MR) is 76.2 cm³/mol. The van der Waals surface area contributed by atoms with Crippen LogP contribution in [0.25, 0.3) is 11.5 Å². The van der Waals surface area contributed by atoms with E-state index in [9.17, 15) is 9.18 Å². The van der Waals surface area contributed by atoms with E-state index in [4.69, 9.17) is 8.94 Å². The fourth-order valence-corrected chi connectivity index (χ4v) is 1.97. The number of carbonyl (C=O) groups excluding carboxylic acids is 1. The van der Waals surface area contributed by atoms with Gasteiger partial charge in [0.05, 0.1) is 19.2 Å². The predicted octanol–water partition coefficient (Wildman–Crippen LogP) is 2.93. The van der Waals surface area contributed by atoms with Crippen LogP contribution >= 0.6 is 0 Å². The lowest BCUT2D eigenvalue weighted by molar-refractivity contribution is -0.120. The summed E-state index contributed by atoms with van der Waals surface area (Å²) in [5, 5.41) is 6.60. The highest BCUT2D eigenvalue weighted by Crippen LogP contribution is 2.20. The van der Waals surface area contributed by atoms with Crippen LogP contribution in [0.2, 0.25) is 0 Å². The van der Waals surface area contributed by atoms with Crippen molar-refractivity contribution in [2.75, 3.05) is 0 Å². The molecule has 0 unspecified atom stereocenters. The van der Waals surface area contributed by atoms with Crippen LogP contribution in [0.5, 0.6) is 0 Å². The Morgan fingerprint density at radius 1 is 1.18 bits per heavy atom. The molecule has 0 atom stereocenters. The molecule has 1 amide bonds. The van der Waals surface area contributed by atoms with Crippen molar-refractivity contribution in [3.8, 4) is 11.5 Å². The summed E-state index contributed by atoms with van der Waals surface area (Å²) in [7, 11) is 0. The van der Waals surface area contributed by atoms with Gasteiger partial charge in [-0.3, -0.25) is 4.79 Å². The SMILES string of the molecule is O=C(Cc1ccc(F)cc1)NCc1cc(-c2ccco2)on1. The van der Waals surface area contributed by atoms with Crippen LogP contribution in [-0.4, -0.2) is 11.1 Å². The van der Waals surface area contributed by atoms with E-state index in [0.717, 1.165) is 5.56 Å². The van der Waals surface area contributed by atoms with E-state index in [0.29, 0.717) is 17.2 Å². The molecule has 5 nitrogen and oxygen atoms in total. The zero-order chi connectivity index (χ0) is 15.4. The van der Waals surface area contributed by atoms with Crippen molar-refractivity contribution in [2.45, 2.75) is 13.0 Å². The molecule has 0 radical (unpaired) electrons. The van der Waals surface area contributed by atoms with Crippen molar-refractivity contribution in [1.82, 2.24) is 10.5 Å². The summed E-state index contributed by atoms with van der Waals surface area (Å²) >= 11 is 0. The Kier molecular flexibility index (Phi) is 4.00. The Morgan fingerprint density at radius 3 is 2.73 bits per heavy atom. The lowest BCUT2D eigenvalue weighted by atomic mass is 10.1. The quantitative estimate of drug-likeness (QED) is 0.786. The second-order valence-corrected chi connectivity index (χ2v) is 4.74. The normalized spacial score (nSPS) is 10.6. The monoisotopic (exact) mass is 300 g/mol. The number of amides is 1. The van der Waals surface area contributed by atoms with Crippen molar-refractivity contribution < 1.29 is 18.1 Å². The first-order chi connectivity index (χ1) is 10.7. The van der Waals surface area contributed by atoms with E-state index in [-0.39, 0.29) is 24.7 Å². The minimum absolute atomic E-state index is 0.172. The fourth-order valence-electron chi connectivity index (χ4n) is 1.97. The van der Waals surface area contributed by atoms with E-state index in [1.165, 1.54) is 12.1 Å². The first kappa shape index (κ1) is 14.1. The summed E-state index contributed by atoms with van der Waals surface area (Å²) in [6.07, 6.45) is 1.73. The number of furan rings is 1. The fraction of sp³-hybridized carbons (Fsp3) is 0.125. The highest BCUT2D eigenvalue weighted by Gasteiger charge is 2.10. The number of nitrogens with one attached hydrogen (secondary N) is 1. The highest BCUT2D eigenvalue weighted by molar-refractivity contribution is 5.78. The molecular weight excluding hydrogens is 287 g/mol. The van der Waals surface area contributed by atoms with Crippen molar-refractivity contribution in [2.24, 2.45) is 0 Å². The molecule has 3 rings (SSSR count). The third-order valence-corrected chi connectivity index (χ3v) is 3.07. The Balaban J connectivity index is 1.54. The van der Waals surface area contributed by atoms with Gasteiger partial charge >= 0.3 is 0 Å². The van der Waals surface area contributed by atoms with Crippen molar-refractivity contribution in [3.63, 3.8) is 0 Å². The molecule has 2 heterocycles. The number of halogens is 1. The zero-order valence-corrected chi connectivity index (χ0v) is 11.6. The molecule has 0 bridgehead atoms. The maximum absolute atomic E-state index is 12.8. The number of carbonyl (C=O) groups is 1. The van der Waals surface area contributed by atoms with E-state index in [2.05, 4.69) is 10.5 Å². The molecule has 0 aliphatic rings. The summed E-state index contributed by atoms with van der Waals surface area (Å²) in [6, 6.07) is 11.0. The van der Waals surface area contributed by atoms with Crippen LogP contribution in [0.1, 0.15) is 11.3 Å². The zero-order valence-electron chi connectivity index (χ0n) is 11.6. The summed E-state index contributed by atoms with van der Waals surface area (Å²) in [4.78, 5) is 11.8. The first-order valence-corrected chi connectivity index (χ1v) is 6.71. The molecule has 0 saturated carbocycles. The Hall–Kier alpha value is -2.89. The van der Waals surface area contributed by atoms with Gasteiger partial charge in [0.1, 0.15) is 11.5 Å². The van der Waals surface area contributed by atoms with Crippen LogP contribution in [0.15, 0.2) is 57.7 Å². The van der Waals surface area contributed by atoms with Crippen LogP contribution in [-0.2, 0) is 17.8 Å². The van der Waals surface area contributed by atoms with Crippen molar-refractivity contribution in [1.29, 1.82) is 0 Å². The average Bonchev–Trinajstić information content (AvgIpc) is 3.18. The van der Waals surface area contributed by atoms with Crippen LogP contribution in [0.4, 0.5) is 4.39 Å². The van der Waals surface area contributed by atoms with Gasteiger partial charge in [-0.2, -0.15) is 0 Å². The summed E-state index contributed by atoms with van der Waals surface area (Å²) in [5.74, 6) is 0.593. The molecule has 22 heavy (non-hydrogen) atoms. The molecule has 2 aromatic heterocycles. The number of nitrogens with zero attached hydrogens (tertiary/aromatic N) is 1. The molecule has 112 valence electrons. The minimum Gasteiger partial charge on any atom is -0.461 e. The van der Waals surface area contributed by atoms with Gasteiger partial charge in [-0.15, -0.1) is 0 Å². The van der Waals surface area contributed by atoms with Gasteiger partial charge < -0.3 is 14.3 Å². The molecule has 1 aromatic carbocycles. The van der Waals surface area contributed by atoms with Gasteiger partial charge in [-0.25, -0.2) is 4.39 Å². The maximum Gasteiger partial charge on any atom is 0.224 e. The molecule has 0 saturated heterocycles. The minimum atomic E-state index is -0.322. The second-order valence-electron chi connectivity index (χ2n) is 4.74. The molecule has 6 heteroatoms. The molecule has 0 fully saturated rings. The van der Waals surface area contributed by atoms with E-state index in [1.54, 1.807) is 36.6 Å². The molecule has 0 aliphatic heterocycles. The van der Waals surface area contributed by atoms with Gasteiger partial charge in [0.15, 0.2) is 5.76 Å². The van der Waals surface area contributed by atoms with Crippen molar-refractivity contribution >= 4 is 5.91 Å². The third-order valence-electron chi connectivity index (χ3n) is 3.07. The van der Waals surface area contributed by atoms with Gasteiger partial charge in [0, 0.05) is 6.07 Å². The van der Waals surface area contributed by atoms with E-state index < -0.39 is 0 Å². The summed E-state index contributed by atoms with van der Waals surface area (Å²) in [6.45, 7) is 0.254. The first-order valence-electron chi connectivity index (χ1n) is 6.71. The Bertz CT molecular complexity index is 748. The molecule has 3 aromatic rings. The lowest BCUT2D eigenvalue weighted by Crippen LogP contribution is -2.24. The van der Waals surface area contributed by atoms with Crippen LogP contribution in [0, 0.1) is 5.82 Å². The van der Waals surface area contributed by atoms with Gasteiger partial charge in [0.2, 0.25) is 11.7 Å². The standard InChI is InChI=1S/C16H13FN2O3/c17-12-5-3-11(4-6-12)8-16(20)18-10-13-9-15(22-19-13)14-2-1-7-21-14/h1-7,9H,8,10H2,(H,18,20). The third kappa shape index (κ3) is 3.41. The Morgan fingerprint density at radius 2 is 2.00 bits per heavy atom. The van der Waals surface area contributed by atoms with Crippen LogP contribution < -0.4 is 5.32 Å². The van der Waals surface area contributed by atoms with E-state index >= 15 is 0 Å². The topological polar surface area (TPSA) is 68.3 Å². The smallest absolute Gasteiger partial charge is 0.224 e. The van der Waals surface area contributed by atoms with E-state index in [1.807, 2.05) is 0 Å². The van der Waals surface area contributed by atoms with Crippen molar-refractivity contribution in [3.05, 3.63) is 65.8 Å². The van der Waals surface area contributed by atoms with Gasteiger partial charge in [-0.05, 0) is 29.8 Å². The molecule has 1 N–H and O–H groups in total. The maximum atomic E-state index is 12.8. The number of rotatable bonds is 5. The number of aromatic nitrogens is 1. The summed E-state index contributed by atoms with van der Waals surface area (Å²) < 4.78 is 23.1. The molecule has 0 spiro atoms. The Labute approximate surface area is 125 Å². The highest BCUT2D eigenvalue weighted by atomic mass is 19.1. The second kappa shape index (κ2) is 6.26. The molecular formula is C16H13FN2O3. The lowest BCUT2D eigenvalue weighted by Gasteiger charge is -2.03. The number of hydrogen-bond acceptors (Lipinski definition) is 4. The molecule has 0 aliphatic carbocycles. The average molecular weight is 300 g/mol. The largest absolute Gasteiger partial charge is 0.461 e. The van der Waals surface area contributed by atoms with Gasteiger partial charge in [-0.1, -0.05) is 17.3 Å². The van der Waals surface area contributed by atoms with Crippen LogP contribution in [0.3, 0.4) is 0 Å². The number of hydrogen-bond donors (Lipinski definition) is 1. The van der Waals surface area contributed by atoms with Gasteiger partial charge in [0.25, 0.3) is 0 Å². The summed E-state index contributed by atoms with van der Waals surface area (Å²) in [5.41, 5.74) is 1.34.